The molecule has 0 fully saturated rings. The van der Waals surface area contributed by atoms with Gasteiger partial charge in [-0.3, -0.25) is 14.2 Å². The van der Waals surface area contributed by atoms with E-state index in [1.54, 1.807) is 30.1 Å². The van der Waals surface area contributed by atoms with Crippen molar-refractivity contribution in [2.75, 3.05) is 5.88 Å². The number of aromatic nitrogens is 2. The molecule has 1 amide bonds. The summed E-state index contributed by atoms with van der Waals surface area (Å²) in [5.74, 6) is 0.930. The number of rotatable bonds is 7. The lowest BCUT2D eigenvalue weighted by Crippen LogP contribution is -2.36. The Bertz CT molecular complexity index is 1070. The van der Waals surface area contributed by atoms with Crippen LogP contribution in [0.25, 0.3) is 10.9 Å². The summed E-state index contributed by atoms with van der Waals surface area (Å²) in [6, 6.07) is 14.4. The summed E-state index contributed by atoms with van der Waals surface area (Å²) >= 11 is 11.8. The van der Waals surface area contributed by atoms with E-state index in [4.69, 9.17) is 23.2 Å². The van der Waals surface area contributed by atoms with Crippen molar-refractivity contribution >= 4 is 40.0 Å². The molecule has 0 N–H and O–H groups in total. The van der Waals surface area contributed by atoms with Crippen molar-refractivity contribution in [2.24, 2.45) is 7.05 Å². The fourth-order valence-corrected chi connectivity index (χ4v) is 3.66. The highest BCUT2D eigenvalue weighted by atomic mass is 35.5. The first-order valence-electron chi connectivity index (χ1n) is 9.48. The van der Waals surface area contributed by atoms with E-state index < -0.39 is 6.04 Å². The summed E-state index contributed by atoms with van der Waals surface area (Å²) in [6.45, 7) is 2.32. The normalized spacial score (nSPS) is 12.1. The van der Waals surface area contributed by atoms with Crippen molar-refractivity contribution < 1.29 is 4.79 Å². The van der Waals surface area contributed by atoms with E-state index >= 15 is 0 Å². The number of alkyl halides is 1. The van der Waals surface area contributed by atoms with Gasteiger partial charge in [-0.15, -0.1) is 11.6 Å². The first kappa shape index (κ1) is 21.3. The molecule has 7 heteroatoms. The molecule has 0 aliphatic carbocycles. The van der Waals surface area contributed by atoms with Crippen LogP contribution in [0.5, 0.6) is 0 Å². The molecule has 2 aromatic carbocycles. The molecular weight excluding hydrogens is 409 g/mol. The zero-order valence-electron chi connectivity index (χ0n) is 16.4. The van der Waals surface area contributed by atoms with Crippen molar-refractivity contribution in [3.05, 3.63) is 75.3 Å². The Morgan fingerprint density at radius 3 is 2.62 bits per heavy atom. The fraction of sp³-hybridized carbons (Fsp3) is 0.318. The Morgan fingerprint density at radius 2 is 1.93 bits per heavy atom. The molecule has 1 unspecified atom stereocenters. The molecule has 1 atom stereocenters. The number of hydrogen-bond donors (Lipinski definition) is 0. The minimum atomic E-state index is -0.393. The fourth-order valence-electron chi connectivity index (χ4n) is 3.36. The van der Waals surface area contributed by atoms with E-state index in [0.29, 0.717) is 47.0 Å². The van der Waals surface area contributed by atoms with Crippen molar-refractivity contribution in [1.82, 2.24) is 14.5 Å². The second-order valence-corrected chi connectivity index (χ2v) is 7.79. The lowest BCUT2D eigenvalue weighted by Gasteiger charge is -2.30. The van der Waals surface area contributed by atoms with Crippen LogP contribution in [0.4, 0.5) is 0 Å². The van der Waals surface area contributed by atoms with E-state index in [9.17, 15) is 9.59 Å². The Kier molecular flexibility index (Phi) is 6.93. The predicted octanol–water partition coefficient (Wildman–Crippen LogP) is 4.70. The van der Waals surface area contributed by atoms with Gasteiger partial charge in [0.2, 0.25) is 5.91 Å². The molecule has 29 heavy (non-hydrogen) atoms. The molecule has 0 spiro atoms. The third-order valence-electron chi connectivity index (χ3n) is 4.95. The highest BCUT2D eigenvalue weighted by Gasteiger charge is 2.25. The van der Waals surface area contributed by atoms with Gasteiger partial charge in [0.25, 0.3) is 5.56 Å². The summed E-state index contributed by atoms with van der Waals surface area (Å²) in [7, 11) is 1.67. The van der Waals surface area contributed by atoms with Crippen LogP contribution in [-0.2, 0) is 18.4 Å². The zero-order valence-corrected chi connectivity index (χ0v) is 18.0. The Morgan fingerprint density at radius 1 is 1.21 bits per heavy atom. The van der Waals surface area contributed by atoms with Crippen LogP contribution in [0, 0.1) is 0 Å². The van der Waals surface area contributed by atoms with Crippen molar-refractivity contribution in [3.8, 4) is 0 Å². The van der Waals surface area contributed by atoms with Gasteiger partial charge in [0, 0.05) is 30.9 Å². The first-order valence-corrected chi connectivity index (χ1v) is 10.4. The van der Waals surface area contributed by atoms with Gasteiger partial charge in [0.1, 0.15) is 5.82 Å². The van der Waals surface area contributed by atoms with E-state index in [0.717, 1.165) is 5.56 Å². The van der Waals surface area contributed by atoms with Crippen LogP contribution in [-0.4, -0.2) is 26.2 Å². The maximum atomic E-state index is 13.0. The van der Waals surface area contributed by atoms with Crippen LogP contribution in [0.2, 0.25) is 5.02 Å². The van der Waals surface area contributed by atoms with Crippen LogP contribution in [0.15, 0.2) is 53.3 Å². The monoisotopic (exact) mass is 431 g/mol. The lowest BCUT2D eigenvalue weighted by atomic mass is 10.1. The van der Waals surface area contributed by atoms with Crippen LogP contribution in [0.3, 0.4) is 0 Å². The Labute approximate surface area is 179 Å². The van der Waals surface area contributed by atoms with Gasteiger partial charge >= 0.3 is 0 Å². The molecule has 0 bridgehead atoms. The van der Waals surface area contributed by atoms with E-state index in [1.807, 2.05) is 37.3 Å². The summed E-state index contributed by atoms with van der Waals surface area (Å²) in [5, 5.41) is 0.943. The van der Waals surface area contributed by atoms with E-state index in [2.05, 4.69) is 4.98 Å². The molecular formula is C22H23Cl2N3O2. The highest BCUT2D eigenvalue weighted by Crippen LogP contribution is 2.24. The van der Waals surface area contributed by atoms with Crippen molar-refractivity contribution in [3.63, 3.8) is 0 Å². The standard InChI is InChI=1S/C22H23Cl2N3O2/c1-15(21-25-19-11-10-17(24)13-18(19)22(29)26(21)2)27(20(28)9-6-12-23)14-16-7-4-3-5-8-16/h3-5,7-8,10-11,13,15H,6,9,12,14H2,1-2H3. The molecule has 152 valence electrons. The average Bonchev–Trinajstić information content (AvgIpc) is 2.73. The molecule has 3 rings (SSSR count). The molecule has 0 aliphatic heterocycles. The largest absolute Gasteiger partial charge is 0.328 e. The molecule has 0 saturated carbocycles. The quantitative estimate of drug-likeness (QED) is 0.509. The van der Waals surface area contributed by atoms with Crippen molar-refractivity contribution in [1.29, 1.82) is 0 Å². The number of nitrogens with zero attached hydrogens (tertiary/aromatic N) is 3. The van der Waals surface area contributed by atoms with Gasteiger partial charge in [-0.1, -0.05) is 41.9 Å². The Hall–Kier alpha value is -2.37. The Balaban J connectivity index is 2.03. The first-order chi connectivity index (χ1) is 13.9. The van der Waals surface area contributed by atoms with Crippen LogP contribution < -0.4 is 5.56 Å². The summed E-state index contributed by atoms with van der Waals surface area (Å²) < 4.78 is 1.50. The third-order valence-corrected chi connectivity index (χ3v) is 5.46. The number of carbonyl (C=O) groups excluding carboxylic acids is 1. The number of amides is 1. The second kappa shape index (κ2) is 9.42. The van der Waals surface area contributed by atoms with Gasteiger partial charge in [-0.2, -0.15) is 0 Å². The third kappa shape index (κ3) is 4.80. The molecule has 3 aromatic rings. The van der Waals surface area contributed by atoms with Gasteiger partial charge in [0.05, 0.1) is 16.9 Å². The summed E-state index contributed by atoms with van der Waals surface area (Å²) in [5.41, 5.74) is 1.38. The van der Waals surface area contributed by atoms with E-state index in [-0.39, 0.29) is 11.5 Å². The molecule has 0 aliphatic rings. The van der Waals surface area contributed by atoms with Crippen LogP contribution >= 0.6 is 23.2 Å². The van der Waals surface area contributed by atoms with Crippen LogP contribution in [0.1, 0.15) is 37.2 Å². The SMILES string of the molecule is CC(c1nc2ccc(Cl)cc2c(=O)n1C)N(Cc1ccccc1)C(=O)CCCCl. The lowest BCUT2D eigenvalue weighted by molar-refractivity contribution is -0.134. The topological polar surface area (TPSA) is 55.2 Å². The molecule has 5 nitrogen and oxygen atoms in total. The number of hydrogen-bond acceptors (Lipinski definition) is 3. The number of halogens is 2. The summed E-state index contributed by atoms with van der Waals surface area (Å²) in [4.78, 5) is 32.3. The second-order valence-electron chi connectivity index (χ2n) is 6.97. The number of fused-ring (bicyclic) bond motifs is 1. The number of carbonyl (C=O) groups is 1. The maximum Gasteiger partial charge on any atom is 0.261 e. The minimum absolute atomic E-state index is 0.0209. The van der Waals surface area contributed by atoms with Gasteiger partial charge in [-0.25, -0.2) is 4.98 Å². The molecule has 1 aromatic heterocycles. The van der Waals surface area contributed by atoms with Gasteiger partial charge in [0.15, 0.2) is 0 Å². The zero-order chi connectivity index (χ0) is 21.0. The predicted molar refractivity (Wildman–Crippen MR) is 117 cm³/mol. The van der Waals surface area contributed by atoms with E-state index in [1.165, 1.54) is 4.57 Å². The van der Waals surface area contributed by atoms with Gasteiger partial charge in [-0.05, 0) is 37.1 Å². The molecule has 0 radical (unpaired) electrons. The molecule has 0 saturated heterocycles. The average molecular weight is 432 g/mol. The van der Waals surface area contributed by atoms with Crippen molar-refractivity contribution in [2.45, 2.75) is 32.4 Å². The van der Waals surface area contributed by atoms with Gasteiger partial charge < -0.3 is 4.90 Å². The minimum Gasteiger partial charge on any atom is -0.328 e. The maximum absolute atomic E-state index is 13.0. The molecule has 1 heterocycles. The smallest absolute Gasteiger partial charge is 0.261 e. The summed E-state index contributed by atoms with van der Waals surface area (Å²) in [6.07, 6.45) is 0.943. The highest BCUT2D eigenvalue weighted by molar-refractivity contribution is 6.31. The number of benzene rings is 2.